The Kier molecular flexibility index (Phi) is 3.47. The third-order valence-corrected chi connectivity index (χ3v) is 1.13. The van der Waals surface area contributed by atoms with Crippen LogP contribution in [0, 0.1) is 0 Å². The highest BCUT2D eigenvalue weighted by atomic mass is 79.9. The van der Waals surface area contributed by atoms with Crippen LogP contribution < -0.4 is 0 Å². The molecule has 0 aromatic carbocycles. The van der Waals surface area contributed by atoms with Crippen LogP contribution >= 0.6 is 27.5 Å². The molecule has 0 unspecified atom stereocenters. The molecule has 0 aliphatic rings. The quantitative estimate of drug-likeness (QED) is 0.431. The van der Waals surface area contributed by atoms with E-state index < -0.39 is 0 Å². The van der Waals surface area contributed by atoms with Crippen molar-refractivity contribution in [3.63, 3.8) is 0 Å². The lowest BCUT2D eigenvalue weighted by molar-refractivity contribution is -0.104. The van der Waals surface area contributed by atoms with E-state index in [0.29, 0.717) is 10.8 Å². The number of allylic oxidation sites excluding steroid dienone is 1. The van der Waals surface area contributed by atoms with Crippen molar-refractivity contribution in [3.8, 4) is 0 Å². The Hall–Kier alpha value is 0.180. The number of rotatable bonds is 1. The molecule has 0 fully saturated rings. The molecule has 0 spiro atoms. The van der Waals surface area contributed by atoms with E-state index in [1.807, 2.05) is 0 Å². The first kappa shape index (κ1) is 6.18. The van der Waals surface area contributed by atoms with Gasteiger partial charge in [-0.05, 0) is 15.9 Å². The fraction of sp³-hybridized carbons (Fsp3) is 0. The molecule has 0 radical (unpaired) electrons. The van der Waals surface area contributed by atoms with E-state index in [1.54, 1.807) is 0 Å². The minimum absolute atomic E-state index is 0.365. The van der Waals surface area contributed by atoms with Crippen LogP contribution in [0.15, 0.2) is 10.0 Å². The van der Waals surface area contributed by atoms with Gasteiger partial charge in [-0.2, -0.15) is 0 Å². The van der Waals surface area contributed by atoms with E-state index in [-0.39, 0.29) is 0 Å². The summed E-state index contributed by atoms with van der Waals surface area (Å²) in [5.74, 6) is 0. The molecular weight excluding hydrogens is 167 g/mol. The number of aldehydes is 1. The topological polar surface area (TPSA) is 17.1 Å². The zero-order valence-electron chi connectivity index (χ0n) is 2.82. The molecule has 0 heterocycles. The predicted octanol–water partition coefficient (Wildman–Crippen LogP) is 1.66. The molecule has 6 heavy (non-hydrogen) atoms. The van der Waals surface area contributed by atoms with Crippen LogP contribution in [0.1, 0.15) is 0 Å². The lowest BCUT2D eigenvalue weighted by Crippen LogP contribution is -1.62. The molecule has 0 aromatic heterocycles. The van der Waals surface area contributed by atoms with Gasteiger partial charge in [0.15, 0.2) is 6.29 Å². The van der Waals surface area contributed by atoms with Crippen LogP contribution in [0.5, 0.6) is 0 Å². The Morgan fingerprint density at radius 2 is 2.33 bits per heavy atom. The Morgan fingerprint density at radius 3 is 2.33 bits per heavy atom. The second-order valence-electron chi connectivity index (χ2n) is 0.612. The highest BCUT2D eigenvalue weighted by Gasteiger charge is 1.77. The Morgan fingerprint density at radius 1 is 1.83 bits per heavy atom. The van der Waals surface area contributed by atoms with Gasteiger partial charge in [0.2, 0.25) is 0 Å². The SMILES string of the molecule is O=C/C(Br)=C\Cl. The summed E-state index contributed by atoms with van der Waals surface area (Å²) in [6.07, 6.45) is 0.618. The van der Waals surface area contributed by atoms with E-state index in [9.17, 15) is 4.79 Å². The van der Waals surface area contributed by atoms with Crippen molar-refractivity contribution in [1.29, 1.82) is 0 Å². The second kappa shape index (κ2) is 3.37. The molecule has 0 atom stereocenters. The first-order valence-corrected chi connectivity index (χ1v) is 2.45. The van der Waals surface area contributed by atoms with Gasteiger partial charge in [0.05, 0.1) is 4.48 Å². The van der Waals surface area contributed by atoms with E-state index in [2.05, 4.69) is 15.9 Å². The molecule has 3 heteroatoms. The number of carbonyl (C=O) groups excluding carboxylic acids is 1. The van der Waals surface area contributed by atoms with Gasteiger partial charge in [-0.3, -0.25) is 4.79 Å². The fourth-order valence-electron chi connectivity index (χ4n) is 0.0257. The first-order chi connectivity index (χ1) is 2.81. The average Bonchev–Trinajstić information content (AvgIpc) is 1.65. The summed E-state index contributed by atoms with van der Waals surface area (Å²) in [5.41, 5.74) is 1.16. The lowest BCUT2D eigenvalue weighted by Gasteiger charge is -1.68. The van der Waals surface area contributed by atoms with Crippen molar-refractivity contribution < 1.29 is 4.79 Å². The van der Waals surface area contributed by atoms with Crippen LogP contribution in [-0.4, -0.2) is 6.29 Å². The molecule has 0 aliphatic carbocycles. The number of carbonyl (C=O) groups is 1. The van der Waals surface area contributed by atoms with Crippen LogP contribution in [0.25, 0.3) is 0 Å². The molecule has 34 valence electrons. The molecule has 0 amide bonds. The summed E-state index contributed by atoms with van der Waals surface area (Å²) in [4.78, 5) is 9.54. The van der Waals surface area contributed by atoms with Crippen molar-refractivity contribution in [2.45, 2.75) is 0 Å². The summed E-state index contributed by atoms with van der Waals surface area (Å²) in [6, 6.07) is 0. The van der Waals surface area contributed by atoms with Crippen LogP contribution in [0.2, 0.25) is 0 Å². The standard InChI is InChI=1S/C3H2BrClO/c4-3(1-5)2-6/h1-2H/b3-1+. The maximum absolute atomic E-state index is 9.54. The minimum Gasteiger partial charge on any atom is -0.297 e. The highest BCUT2D eigenvalue weighted by Crippen LogP contribution is 1.99. The van der Waals surface area contributed by atoms with Gasteiger partial charge in [0, 0.05) is 5.54 Å². The third-order valence-electron chi connectivity index (χ3n) is 0.217. The van der Waals surface area contributed by atoms with Gasteiger partial charge in [-0.1, -0.05) is 11.6 Å². The van der Waals surface area contributed by atoms with Gasteiger partial charge in [0.25, 0.3) is 0 Å². The summed E-state index contributed by atoms with van der Waals surface area (Å²) in [5, 5.41) is 0. The van der Waals surface area contributed by atoms with E-state index in [1.165, 1.54) is 0 Å². The molecule has 0 rings (SSSR count). The lowest BCUT2D eigenvalue weighted by atomic mass is 10.7. The molecule has 0 aromatic rings. The molecular formula is C3H2BrClO. The van der Waals surface area contributed by atoms with E-state index in [0.717, 1.165) is 5.54 Å². The maximum atomic E-state index is 9.54. The smallest absolute Gasteiger partial charge is 0.157 e. The molecule has 0 bridgehead atoms. The summed E-state index contributed by atoms with van der Waals surface area (Å²) in [6.45, 7) is 0. The van der Waals surface area contributed by atoms with Gasteiger partial charge < -0.3 is 0 Å². The van der Waals surface area contributed by atoms with Gasteiger partial charge in [0.1, 0.15) is 0 Å². The average molecular weight is 169 g/mol. The molecule has 1 nitrogen and oxygen atoms in total. The van der Waals surface area contributed by atoms with Crippen molar-refractivity contribution in [3.05, 3.63) is 10.0 Å². The minimum atomic E-state index is 0.365. The summed E-state index contributed by atoms with van der Waals surface area (Å²) in [7, 11) is 0. The largest absolute Gasteiger partial charge is 0.297 e. The predicted molar refractivity (Wildman–Crippen MR) is 28.9 cm³/mol. The van der Waals surface area contributed by atoms with Gasteiger partial charge in [-0.25, -0.2) is 0 Å². The monoisotopic (exact) mass is 168 g/mol. The van der Waals surface area contributed by atoms with Crippen LogP contribution in [-0.2, 0) is 4.79 Å². The van der Waals surface area contributed by atoms with Gasteiger partial charge in [-0.15, -0.1) is 0 Å². The second-order valence-corrected chi connectivity index (χ2v) is 1.75. The molecule has 0 aliphatic heterocycles. The Balaban J connectivity index is 3.50. The van der Waals surface area contributed by atoms with Crippen molar-refractivity contribution in [1.82, 2.24) is 0 Å². The summed E-state index contributed by atoms with van der Waals surface area (Å²) < 4.78 is 0.365. The van der Waals surface area contributed by atoms with Crippen molar-refractivity contribution >= 4 is 33.8 Å². The maximum Gasteiger partial charge on any atom is 0.157 e. The van der Waals surface area contributed by atoms with Crippen LogP contribution in [0.4, 0.5) is 0 Å². The molecule has 0 saturated heterocycles. The Bertz CT molecular complexity index is 78.9. The van der Waals surface area contributed by atoms with E-state index in [4.69, 9.17) is 11.6 Å². The van der Waals surface area contributed by atoms with Crippen molar-refractivity contribution in [2.75, 3.05) is 0 Å². The number of halogens is 2. The van der Waals surface area contributed by atoms with Crippen LogP contribution in [0.3, 0.4) is 0 Å². The van der Waals surface area contributed by atoms with E-state index >= 15 is 0 Å². The van der Waals surface area contributed by atoms with Gasteiger partial charge >= 0.3 is 0 Å². The molecule has 0 N–H and O–H groups in total. The first-order valence-electron chi connectivity index (χ1n) is 1.22. The normalized spacial score (nSPS) is 11.3. The fourth-order valence-corrected chi connectivity index (χ4v) is 0.0772. The number of hydrogen-bond donors (Lipinski definition) is 0. The Labute approximate surface area is 49.1 Å². The summed E-state index contributed by atoms with van der Waals surface area (Å²) >= 11 is 7.85. The number of hydrogen-bond acceptors (Lipinski definition) is 1. The zero-order valence-corrected chi connectivity index (χ0v) is 5.16. The zero-order chi connectivity index (χ0) is 4.99. The molecule has 0 saturated carbocycles. The van der Waals surface area contributed by atoms with Crippen molar-refractivity contribution in [2.24, 2.45) is 0 Å². The third kappa shape index (κ3) is 2.42. The highest BCUT2D eigenvalue weighted by molar-refractivity contribution is 9.12.